The minimum absolute atomic E-state index is 0.00359. The van der Waals surface area contributed by atoms with Gasteiger partial charge in [0.25, 0.3) is 0 Å². The Labute approximate surface area is 179 Å². The molecule has 3 rings (SSSR count). The third-order valence-corrected chi connectivity index (χ3v) is 8.11. The molecule has 1 atom stereocenters. The van der Waals surface area contributed by atoms with E-state index in [1.165, 1.54) is 25.3 Å². The molecule has 0 unspecified atom stereocenters. The SMILES string of the molecule is CCCCN(C(=O)Nc1ccc(N(C)C2CCCCC2)c(F)c1)[C@H]1CCS(=O)(=O)C1. The number of benzene rings is 1. The molecule has 1 aromatic carbocycles. The molecule has 6 nitrogen and oxygen atoms in total. The van der Waals surface area contributed by atoms with Gasteiger partial charge < -0.3 is 15.1 Å². The molecule has 1 aromatic rings. The summed E-state index contributed by atoms with van der Waals surface area (Å²) in [5.41, 5.74) is 0.935. The molecule has 1 aliphatic carbocycles. The highest BCUT2D eigenvalue weighted by Gasteiger charge is 2.34. The molecule has 2 fully saturated rings. The maximum Gasteiger partial charge on any atom is 0.322 e. The zero-order valence-electron chi connectivity index (χ0n) is 18.1. The number of hydrogen-bond acceptors (Lipinski definition) is 4. The van der Waals surface area contributed by atoms with E-state index >= 15 is 0 Å². The first kappa shape index (κ1) is 22.8. The summed E-state index contributed by atoms with van der Waals surface area (Å²) >= 11 is 0. The lowest BCUT2D eigenvalue weighted by Crippen LogP contribution is -2.44. The second-order valence-corrected chi connectivity index (χ2v) is 10.8. The van der Waals surface area contributed by atoms with Gasteiger partial charge in [-0.05, 0) is 43.9 Å². The van der Waals surface area contributed by atoms with Crippen molar-refractivity contribution in [2.24, 2.45) is 0 Å². The standard InChI is InChI=1S/C22H34FN3O3S/c1-3-4-13-26(19-12-14-30(28,29)16-19)22(27)24-17-10-11-21(20(23)15-17)25(2)18-8-6-5-7-9-18/h10-11,15,18-19H,3-9,12-14,16H2,1-2H3,(H,24,27)/t19-/m0/s1. The van der Waals surface area contributed by atoms with E-state index in [1.807, 2.05) is 18.9 Å². The monoisotopic (exact) mass is 439 g/mol. The second kappa shape index (κ2) is 9.98. The Morgan fingerprint density at radius 2 is 1.90 bits per heavy atom. The Bertz CT molecular complexity index is 840. The Hall–Kier alpha value is -1.83. The van der Waals surface area contributed by atoms with E-state index in [2.05, 4.69) is 5.32 Å². The first-order valence-corrected chi connectivity index (χ1v) is 12.9. The number of amides is 2. The Morgan fingerprint density at radius 1 is 1.17 bits per heavy atom. The van der Waals surface area contributed by atoms with Crippen molar-refractivity contribution in [2.45, 2.75) is 70.4 Å². The topological polar surface area (TPSA) is 69.7 Å². The quantitative estimate of drug-likeness (QED) is 0.683. The molecule has 8 heteroatoms. The van der Waals surface area contributed by atoms with Crippen LogP contribution >= 0.6 is 0 Å². The predicted octanol–water partition coefficient (Wildman–Crippen LogP) is 4.42. The van der Waals surface area contributed by atoms with Gasteiger partial charge in [0.2, 0.25) is 0 Å². The fourth-order valence-electron chi connectivity index (χ4n) is 4.53. The summed E-state index contributed by atoms with van der Waals surface area (Å²) in [5.74, 6) is -0.238. The zero-order chi connectivity index (χ0) is 21.7. The molecule has 0 radical (unpaired) electrons. The summed E-state index contributed by atoms with van der Waals surface area (Å²) in [5, 5.41) is 2.78. The lowest BCUT2D eigenvalue weighted by molar-refractivity contribution is 0.192. The molecule has 2 aliphatic rings. The highest BCUT2D eigenvalue weighted by molar-refractivity contribution is 7.91. The number of unbranched alkanes of at least 4 members (excludes halogenated alkanes) is 1. The number of nitrogens with one attached hydrogen (secondary N) is 1. The minimum Gasteiger partial charge on any atom is -0.369 e. The third-order valence-electron chi connectivity index (χ3n) is 6.36. The number of anilines is 2. The van der Waals surface area contributed by atoms with Crippen molar-refractivity contribution in [3.05, 3.63) is 24.0 Å². The van der Waals surface area contributed by atoms with Gasteiger partial charge >= 0.3 is 6.03 Å². The van der Waals surface area contributed by atoms with E-state index in [-0.39, 0.29) is 29.4 Å². The van der Waals surface area contributed by atoms with Crippen molar-refractivity contribution in [3.8, 4) is 0 Å². The smallest absolute Gasteiger partial charge is 0.322 e. The molecule has 1 aliphatic heterocycles. The summed E-state index contributed by atoms with van der Waals surface area (Å²) in [7, 11) is -1.16. The average molecular weight is 440 g/mol. The van der Waals surface area contributed by atoms with Crippen LogP contribution in [-0.4, -0.2) is 56.5 Å². The number of urea groups is 1. The van der Waals surface area contributed by atoms with Crippen LogP contribution in [-0.2, 0) is 9.84 Å². The zero-order valence-corrected chi connectivity index (χ0v) is 18.9. The molecule has 0 bridgehead atoms. The molecule has 1 saturated heterocycles. The lowest BCUT2D eigenvalue weighted by atomic mass is 9.94. The van der Waals surface area contributed by atoms with Crippen LogP contribution in [0.25, 0.3) is 0 Å². The molecule has 0 aromatic heterocycles. The van der Waals surface area contributed by atoms with E-state index in [0.717, 1.165) is 25.7 Å². The van der Waals surface area contributed by atoms with E-state index in [4.69, 9.17) is 0 Å². The Balaban J connectivity index is 1.69. The average Bonchev–Trinajstić information content (AvgIpc) is 3.08. The third kappa shape index (κ3) is 5.65. The van der Waals surface area contributed by atoms with E-state index in [1.54, 1.807) is 17.0 Å². The second-order valence-electron chi connectivity index (χ2n) is 8.60. The Morgan fingerprint density at radius 3 is 2.50 bits per heavy atom. The largest absolute Gasteiger partial charge is 0.369 e. The van der Waals surface area contributed by atoms with Crippen LogP contribution in [0.4, 0.5) is 20.6 Å². The maximum atomic E-state index is 14.8. The molecule has 2 amide bonds. The highest BCUT2D eigenvalue weighted by Crippen LogP contribution is 2.29. The van der Waals surface area contributed by atoms with Gasteiger partial charge in [-0.25, -0.2) is 17.6 Å². The summed E-state index contributed by atoms with van der Waals surface area (Å²) in [6.07, 6.45) is 7.90. The first-order valence-electron chi connectivity index (χ1n) is 11.1. The number of carbonyl (C=O) groups is 1. The summed E-state index contributed by atoms with van der Waals surface area (Å²) < 4.78 is 38.6. The summed E-state index contributed by atoms with van der Waals surface area (Å²) in [6, 6.07) is 4.47. The van der Waals surface area contributed by atoms with Gasteiger partial charge in [-0.2, -0.15) is 0 Å². The van der Waals surface area contributed by atoms with Crippen molar-refractivity contribution in [1.82, 2.24) is 4.90 Å². The molecule has 0 spiro atoms. The van der Waals surface area contributed by atoms with Gasteiger partial charge in [-0.1, -0.05) is 32.6 Å². The van der Waals surface area contributed by atoms with Crippen LogP contribution < -0.4 is 10.2 Å². The van der Waals surface area contributed by atoms with Gasteiger partial charge in [0, 0.05) is 31.4 Å². The van der Waals surface area contributed by atoms with E-state index < -0.39 is 9.84 Å². The fourth-order valence-corrected chi connectivity index (χ4v) is 6.26. The molecule has 1 heterocycles. The number of halogens is 1. The molecule has 168 valence electrons. The number of nitrogens with zero attached hydrogens (tertiary/aromatic N) is 2. The molecule has 1 N–H and O–H groups in total. The lowest BCUT2D eigenvalue weighted by Gasteiger charge is -2.33. The van der Waals surface area contributed by atoms with Crippen molar-refractivity contribution in [2.75, 3.05) is 35.3 Å². The fraction of sp³-hybridized carbons (Fsp3) is 0.682. The predicted molar refractivity (Wildman–Crippen MR) is 119 cm³/mol. The molecule has 30 heavy (non-hydrogen) atoms. The van der Waals surface area contributed by atoms with Crippen LogP contribution in [0.3, 0.4) is 0 Å². The molecule has 1 saturated carbocycles. The highest BCUT2D eigenvalue weighted by atomic mass is 32.2. The maximum absolute atomic E-state index is 14.8. The minimum atomic E-state index is -3.09. The van der Waals surface area contributed by atoms with Gasteiger partial charge in [0.15, 0.2) is 9.84 Å². The molecular weight excluding hydrogens is 405 g/mol. The van der Waals surface area contributed by atoms with Crippen LogP contribution in [0.15, 0.2) is 18.2 Å². The van der Waals surface area contributed by atoms with E-state index in [0.29, 0.717) is 30.4 Å². The van der Waals surface area contributed by atoms with Crippen LogP contribution in [0, 0.1) is 5.82 Å². The van der Waals surface area contributed by atoms with Crippen molar-refractivity contribution >= 4 is 27.2 Å². The Kier molecular flexibility index (Phi) is 7.60. The number of hydrogen-bond donors (Lipinski definition) is 1. The number of rotatable bonds is 7. The van der Waals surface area contributed by atoms with Crippen LogP contribution in [0.1, 0.15) is 58.3 Å². The summed E-state index contributed by atoms with van der Waals surface area (Å²) in [6.45, 7) is 2.52. The van der Waals surface area contributed by atoms with Gasteiger partial charge in [-0.15, -0.1) is 0 Å². The number of carbonyl (C=O) groups excluding carboxylic acids is 1. The molecular formula is C22H34FN3O3S. The van der Waals surface area contributed by atoms with Gasteiger partial charge in [0.05, 0.1) is 17.2 Å². The first-order chi connectivity index (χ1) is 14.3. The van der Waals surface area contributed by atoms with Gasteiger partial charge in [0.1, 0.15) is 5.82 Å². The van der Waals surface area contributed by atoms with Crippen molar-refractivity contribution in [1.29, 1.82) is 0 Å². The number of sulfone groups is 1. The van der Waals surface area contributed by atoms with Crippen LogP contribution in [0.5, 0.6) is 0 Å². The van der Waals surface area contributed by atoms with E-state index in [9.17, 15) is 17.6 Å². The van der Waals surface area contributed by atoms with Crippen molar-refractivity contribution in [3.63, 3.8) is 0 Å². The van der Waals surface area contributed by atoms with Crippen molar-refractivity contribution < 1.29 is 17.6 Å². The van der Waals surface area contributed by atoms with Crippen LogP contribution in [0.2, 0.25) is 0 Å². The normalized spacial score (nSPS) is 21.4. The van der Waals surface area contributed by atoms with Gasteiger partial charge in [-0.3, -0.25) is 0 Å². The summed E-state index contributed by atoms with van der Waals surface area (Å²) in [4.78, 5) is 16.5.